The van der Waals surface area contributed by atoms with Gasteiger partial charge in [-0.1, -0.05) is 15.9 Å². The zero-order valence-electron chi connectivity index (χ0n) is 8.84. The van der Waals surface area contributed by atoms with Gasteiger partial charge in [0.1, 0.15) is 0 Å². The molecule has 0 bridgehead atoms. The average Bonchev–Trinajstić information content (AvgIpc) is 2.33. The zero-order valence-corrected chi connectivity index (χ0v) is 14.4. The van der Waals surface area contributed by atoms with E-state index in [-0.39, 0.29) is 0 Å². The van der Waals surface area contributed by atoms with Crippen LogP contribution in [0, 0.1) is 0 Å². The van der Waals surface area contributed by atoms with Gasteiger partial charge in [0.2, 0.25) is 0 Å². The third kappa shape index (κ3) is 2.14. The molecule has 92 valence electrons. The highest BCUT2D eigenvalue weighted by Gasteiger charge is 2.29. The van der Waals surface area contributed by atoms with E-state index in [1.807, 2.05) is 30.3 Å². The van der Waals surface area contributed by atoms with Gasteiger partial charge in [0.05, 0.1) is 11.4 Å². The molecule has 0 saturated heterocycles. The lowest BCUT2D eigenvalue weighted by Gasteiger charge is -2.23. The monoisotopic (exact) mass is 449 g/mol. The highest BCUT2D eigenvalue weighted by Crippen LogP contribution is 2.43. The first-order valence-corrected chi connectivity index (χ1v) is 8.56. The lowest BCUT2D eigenvalue weighted by molar-refractivity contribution is 0.594. The molecule has 1 N–H and O–H groups in total. The molecule has 1 aliphatic heterocycles. The molecular weight excluding hydrogens is 446 g/mol. The van der Waals surface area contributed by atoms with Crippen molar-refractivity contribution in [2.75, 3.05) is 5.32 Å². The molecule has 18 heavy (non-hydrogen) atoms. The Morgan fingerprint density at radius 2 is 1.56 bits per heavy atom. The number of hydrogen-bond acceptors (Lipinski definition) is 2. The highest BCUT2D eigenvalue weighted by atomic mass is 79.9. The molecule has 1 atom stereocenters. The summed E-state index contributed by atoms with van der Waals surface area (Å²) >= 11 is 9.13. The van der Waals surface area contributed by atoms with E-state index in [9.17, 15) is 4.55 Å². The van der Waals surface area contributed by atoms with Gasteiger partial charge in [-0.3, -0.25) is 0 Å². The molecule has 1 heterocycles. The third-order valence-corrected chi connectivity index (χ3v) is 6.45. The molecule has 2 nitrogen and oxygen atoms in total. The molecule has 3 rings (SSSR count). The van der Waals surface area contributed by atoms with Gasteiger partial charge in [-0.2, -0.15) is 0 Å². The second-order valence-corrected chi connectivity index (χ2v) is 7.84. The van der Waals surface area contributed by atoms with E-state index in [1.54, 1.807) is 0 Å². The minimum atomic E-state index is -1.16. The quantitative estimate of drug-likeness (QED) is 0.559. The van der Waals surface area contributed by atoms with Crippen LogP contribution in [0.15, 0.2) is 53.5 Å². The Morgan fingerprint density at radius 1 is 0.889 bits per heavy atom. The summed E-state index contributed by atoms with van der Waals surface area (Å²) in [5.41, 5.74) is 1.76. The van der Waals surface area contributed by atoms with Crippen LogP contribution in [0.1, 0.15) is 0 Å². The van der Waals surface area contributed by atoms with Crippen molar-refractivity contribution in [1.29, 1.82) is 0 Å². The number of fused-ring (bicyclic) bond motifs is 2. The summed E-state index contributed by atoms with van der Waals surface area (Å²) in [6.45, 7) is 0. The van der Waals surface area contributed by atoms with Gasteiger partial charge in [0.15, 0.2) is 9.79 Å². The number of nitrogens with one attached hydrogen (secondary N) is 1. The number of halogens is 3. The molecule has 6 heteroatoms. The number of anilines is 2. The fourth-order valence-electron chi connectivity index (χ4n) is 1.80. The van der Waals surface area contributed by atoms with Gasteiger partial charge in [-0.15, -0.1) is 0 Å². The van der Waals surface area contributed by atoms with Crippen molar-refractivity contribution in [1.82, 2.24) is 0 Å². The first-order valence-electron chi connectivity index (χ1n) is 5.03. The van der Waals surface area contributed by atoms with Crippen LogP contribution in [-0.4, -0.2) is 4.55 Å². The average molecular weight is 452 g/mol. The van der Waals surface area contributed by atoms with Crippen molar-refractivity contribution in [2.24, 2.45) is 0 Å². The molecule has 0 saturated carbocycles. The Kier molecular flexibility index (Phi) is 3.49. The van der Waals surface area contributed by atoms with Crippen LogP contribution in [0.2, 0.25) is 0 Å². The molecule has 0 radical (unpaired) electrons. The van der Waals surface area contributed by atoms with E-state index in [0.29, 0.717) is 0 Å². The first-order chi connectivity index (χ1) is 8.56. The van der Waals surface area contributed by atoms with Crippen molar-refractivity contribution in [3.8, 4) is 0 Å². The van der Waals surface area contributed by atoms with Crippen molar-refractivity contribution in [2.45, 2.75) is 9.79 Å². The summed E-state index contributed by atoms with van der Waals surface area (Å²) in [5.74, 6) is 0. The van der Waals surface area contributed by atoms with E-state index < -0.39 is 11.2 Å². The zero-order chi connectivity index (χ0) is 12.9. The minimum Gasteiger partial charge on any atom is -0.606 e. The summed E-state index contributed by atoms with van der Waals surface area (Å²) in [4.78, 5) is 1.58. The smallest absolute Gasteiger partial charge is 0.183 e. The molecule has 1 aliphatic rings. The molecule has 1 unspecified atom stereocenters. The van der Waals surface area contributed by atoms with Crippen LogP contribution >= 0.6 is 47.8 Å². The van der Waals surface area contributed by atoms with Gasteiger partial charge >= 0.3 is 0 Å². The fraction of sp³-hybridized carbons (Fsp3) is 0. The van der Waals surface area contributed by atoms with E-state index in [4.69, 9.17) is 0 Å². The summed E-state index contributed by atoms with van der Waals surface area (Å²) in [6, 6.07) is 9.56. The molecule has 0 amide bonds. The maximum atomic E-state index is 12.5. The number of rotatable bonds is 0. The van der Waals surface area contributed by atoms with E-state index in [2.05, 4.69) is 53.1 Å². The lowest BCUT2D eigenvalue weighted by Crippen LogP contribution is -2.13. The van der Waals surface area contributed by atoms with Crippen LogP contribution < -0.4 is 5.32 Å². The lowest BCUT2D eigenvalue weighted by atomic mass is 10.2. The second-order valence-electron chi connectivity index (χ2n) is 3.80. The largest absolute Gasteiger partial charge is 0.606 e. The Labute approximate surface area is 133 Å². The Bertz CT molecular complexity index is 647. The Morgan fingerprint density at radius 3 is 2.33 bits per heavy atom. The summed E-state index contributed by atoms with van der Waals surface area (Å²) in [6.07, 6.45) is 0. The highest BCUT2D eigenvalue weighted by molar-refractivity contribution is 9.13. The SMILES string of the molecule is [O-][S+]1c2cc(Br)ccc2Nc2cc(Br)c(Br)cc21. The third-order valence-electron chi connectivity index (χ3n) is 2.63. The van der Waals surface area contributed by atoms with Gasteiger partial charge in [-0.25, -0.2) is 0 Å². The summed E-state index contributed by atoms with van der Waals surface area (Å²) < 4.78 is 15.3. The van der Waals surface area contributed by atoms with Crippen LogP contribution in [0.25, 0.3) is 0 Å². The Hall–Kier alpha value is -0.0100. The van der Waals surface area contributed by atoms with Crippen LogP contribution in [-0.2, 0) is 11.2 Å². The maximum absolute atomic E-state index is 12.5. The molecular formula is C12H6Br3NOS. The Balaban J connectivity index is 2.19. The number of benzene rings is 2. The van der Waals surface area contributed by atoms with Crippen molar-refractivity contribution in [3.63, 3.8) is 0 Å². The summed E-state index contributed by atoms with van der Waals surface area (Å²) in [5, 5.41) is 3.30. The second kappa shape index (κ2) is 4.83. The van der Waals surface area contributed by atoms with Crippen LogP contribution in [0.4, 0.5) is 11.4 Å². The van der Waals surface area contributed by atoms with Gasteiger partial charge in [0.25, 0.3) is 0 Å². The molecule has 0 fully saturated rings. The van der Waals surface area contributed by atoms with E-state index >= 15 is 0 Å². The van der Waals surface area contributed by atoms with Gasteiger partial charge in [-0.05, 0) is 50.1 Å². The standard InChI is InChI=1S/C12H6Br3NOS/c13-6-1-2-9-11(3-6)18(17)12-5-8(15)7(14)4-10(12)16-9/h1-5,16H. The van der Waals surface area contributed by atoms with Crippen LogP contribution in [0.5, 0.6) is 0 Å². The predicted octanol–water partition coefficient (Wildman–Crippen LogP) is 5.20. The molecule has 0 aromatic heterocycles. The van der Waals surface area contributed by atoms with Crippen LogP contribution in [0.3, 0.4) is 0 Å². The molecule has 2 aromatic rings. The molecule has 2 aromatic carbocycles. The van der Waals surface area contributed by atoms with E-state index in [1.165, 1.54) is 0 Å². The maximum Gasteiger partial charge on any atom is 0.183 e. The van der Waals surface area contributed by atoms with Gasteiger partial charge in [0, 0.05) is 36.7 Å². The van der Waals surface area contributed by atoms with Gasteiger partial charge < -0.3 is 9.87 Å². The van der Waals surface area contributed by atoms with Crippen molar-refractivity contribution >= 4 is 70.3 Å². The molecule has 0 aliphatic carbocycles. The van der Waals surface area contributed by atoms with Crippen molar-refractivity contribution < 1.29 is 4.55 Å². The normalized spacial score (nSPS) is 16.8. The summed E-state index contributed by atoms with van der Waals surface area (Å²) in [7, 11) is 0. The topological polar surface area (TPSA) is 35.1 Å². The predicted molar refractivity (Wildman–Crippen MR) is 83.9 cm³/mol. The first kappa shape index (κ1) is 13.0. The minimum absolute atomic E-state index is 0.788. The number of hydrogen-bond donors (Lipinski definition) is 1. The fourth-order valence-corrected chi connectivity index (χ4v) is 4.47. The van der Waals surface area contributed by atoms with Crippen molar-refractivity contribution in [3.05, 3.63) is 43.7 Å². The van der Waals surface area contributed by atoms with E-state index in [0.717, 1.165) is 34.6 Å². The molecule has 0 spiro atoms.